The first-order valence-corrected chi connectivity index (χ1v) is 8.28. The summed E-state index contributed by atoms with van der Waals surface area (Å²) in [4.78, 5) is 15.1. The molecule has 2 heterocycles. The molecule has 1 aliphatic heterocycles. The van der Waals surface area contributed by atoms with Gasteiger partial charge in [0.05, 0.1) is 0 Å². The van der Waals surface area contributed by atoms with E-state index in [1.807, 2.05) is 0 Å². The van der Waals surface area contributed by atoms with Gasteiger partial charge in [-0.3, -0.25) is 0 Å². The smallest absolute Gasteiger partial charge is 0.231 e. The van der Waals surface area contributed by atoms with Crippen LogP contribution in [0.3, 0.4) is 0 Å². The van der Waals surface area contributed by atoms with E-state index in [2.05, 4.69) is 25.2 Å². The lowest BCUT2D eigenvalue weighted by Gasteiger charge is -2.26. The summed E-state index contributed by atoms with van der Waals surface area (Å²) < 4.78 is 0. The van der Waals surface area contributed by atoms with Gasteiger partial charge in [0.15, 0.2) is 0 Å². The molecule has 0 amide bonds. The second-order valence-electron chi connectivity index (χ2n) is 5.41. The van der Waals surface area contributed by atoms with Crippen LogP contribution in [-0.4, -0.2) is 41.1 Å². The lowest BCUT2D eigenvalue weighted by molar-refractivity contribution is 0.567. The Kier molecular flexibility index (Phi) is 6.95. The number of halogens is 1. The zero-order valence-corrected chi connectivity index (χ0v) is 13.3. The molecule has 1 saturated heterocycles. The molecule has 1 aromatic rings. The summed E-state index contributed by atoms with van der Waals surface area (Å²) in [6, 6.07) is 0. The molecule has 118 valence electrons. The summed E-state index contributed by atoms with van der Waals surface area (Å²) in [7, 11) is 0. The fourth-order valence-electron chi connectivity index (χ4n) is 2.48. The maximum absolute atomic E-state index is 6.01. The molecule has 21 heavy (non-hydrogen) atoms. The van der Waals surface area contributed by atoms with Gasteiger partial charge in [-0.2, -0.15) is 15.0 Å². The van der Waals surface area contributed by atoms with Crippen LogP contribution in [0.4, 0.5) is 11.9 Å². The number of piperidine rings is 1. The zero-order valence-electron chi connectivity index (χ0n) is 12.5. The predicted octanol–water partition coefficient (Wildman–Crippen LogP) is 2.45. The van der Waals surface area contributed by atoms with Crippen LogP contribution >= 0.6 is 11.6 Å². The van der Waals surface area contributed by atoms with Gasteiger partial charge in [0, 0.05) is 19.6 Å². The van der Waals surface area contributed by atoms with E-state index < -0.39 is 0 Å². The normalized spacial score (nSPS) is 15.2. The van der Waals surface area contributed by atoms with Crippen LogP contribution in [0.2, 0.25) is 5.28 Å². The molecule has 2 rings (SSSR count). The molecule has 0 bridgehead atoms. The van der Waals surface area contributed by atoms with Crippen LogP contribution in [0, 0.1) is 0 Å². The van der Waals surface area contributed by atoms with Crippen LogP contribution in [0.15, 0.2) is 0 Å². The van der Waals surface area contributed by atoms with Crippen LogP contribution in [0.5, 0.6) is 0 Å². The minimum Gasteiger partial charge on any atom is -0.354 e. The first-order valence-electron chi connectivity index (χ1n) is 7.90. The minimum atomic E-state index is 0.260. The number of hydrogen-bond acceptors (Lipinski definition) is 6. The van der Waals surface area contributed by atoms with Gasteiger partial charge >= 0.3 is 0 Å². The highest BCUT2D eigenvalue weighted by atomic mass is 35.5. The van der Waals surface area contributed by atoms with Crippen LogP contribution < -0.4 is 16.0 Å². The summed E-state index contributed by atoms with van der Waals surface area (Å²) in [6.45, 7) is 3.62. The molecular formula is C14H25ClN6. The van der Waals surface area contributed by atoms with Crippen molar-refractivity contribution in [2.24, 2.45) is 5.73 Å². The largest absolute Gasteiger partial charge is 0.354 e. The van der Waals surface area contributed by atoms with Crippen molar-refractivity contribution in [3.8, 4) is 0 Å². The molecule has 1 fully saturated rings. The van der Waals surface area contributed by atoms with Crippen molar-refractivity contribution < 1.29 is 0 Å². The molecule has 0 atom stereocenters. The topological polar surface area (TPSA) is 80.0 Å². The number of nitrogens with zero attached hydrogens (tertiary/aromatic N) is 4. The van der Waals surface area contributed by atoms with E-state index in [0.717, 1.165) is 39.0 Å². The van der Waals surface area contributed by atoms with Gasteiger partial charge in [0.25, 0.3) is 0 Å². The Morgan fingerprint density at radius 3 is 2.52 bits per heavy atom. The Hall–Kier alpha value is -1.14. The van der Waals surface area contributed by atoms with Gasteiger partial charge in [0.2, 0.25) is 17.2 Å². The molecule has 0 aromatic carbocycles. The molecule has 0 radical (unpaired) electrons. The van der Waals surface area contributed by atoms with Crippen molar-refractivity contribution in [1.29, 1.82) is 0 Å². The van der Waals surface area contributed by atoms with Gasteiger partial charge in [-0.25, -0.2) is 0 Å². The van der Waals surface area contributed by atoms with E-state index >= 15 is 0 Å². The van der Waals surface area contributed by atoms with E-state index in [1.165, 1.54) is 32.1 Å². The second kappa shape index (κ2) is 9.00. The Bertz CT molecular complexity index is 422. The van der Waals surface area contributed by atoms with Crippen molar-refractivity contribution in [3.05, 3.63) is 5.28 Å². The summed E-state index contributed by atoms with van der Waals surface area (Å²) in [5.41, 5.74) is 5.48. The highest BCUT2D eigenvalue weighted by molar-refractivity contribution is 6.28. The summed E-state index contributed by atoms with van der Waals surface area (Å²) in [6.07, 6.45) is 8.18. The third-order valence-corrected chi connectivity index (χ3v) is 3.82. The van der Waals surface area contributed by atoms with Crippen LogP contribution in [-0.2, 0) is 0 Å². The average molecular weight is 313 g/mol. The fraction of sp³-hybridized carbons (Fsp3) is 0.786. The van der Waals surface area contributed by atoms with Gasteiger partial charge in [-0.1, -0.05) is 12.8 Å². The molecule has 0 spiro atoms. The molecular weight excluding hydrogens is 288 g/mol. The number of hydrogen-bond donors (Lipinski definition) is 2. The highest BCUT2D eigenvalue weighted by Gasteiger charge is 2.15. The minimum absolute atomic E-state index is 0.260. The predicted molar refractivity (Wildman–Crippen MR) is 86.9 cm³/mol. The van der Waals surface area contributed by atoms with E-state index in [4.69, 9.17) is 17.3 Å². The summed E-state index contributed by atoms with van der Waals surface area (Å²) >= 11 is 6.01. The van der Waals surface area contributed by atoms with Gasteiger partial charge in [-0.15, -0.1) is 0 Å². The Morgan fingerprint density at radius 1 is 1.00 bits per heavy atom. The average Bonchev–Trinajstić information content (AvgIpc) is 2.51. The Labute approximate surface area is 131 Å². The molecule has 7 heteroatoms. The Morgan fingerprint density at radius 2 is 1.76 bits per heavy atom. The van der Waals surface area contributed by atoms with Gasteiger partial charge < -0.3 is 16.0 Å². The van der Waals surface area contributed by atoms with Crippen molar-refractivity contribution in [2.45, 2.75) is 44.9 Å². The second-order valence-corrected chi connectivity index (χ2v) is 5.74. The van der Waals surface area contributed by atoms with Crippen molar-refractivity contribution in [3.63, 3.8) is 0 Å². The highest BCUT2D eigenvalue weighted by Crippen LogP contribution is 2.18. The lowest BCUT2D eigenvalue weighted by atomic mass is 10.1. The van der Waals surface area contributed by atoms with E-state index in [9.17, 15) is 0 Å². The van der Waals surface area contributed by atoms with E-state index in [0.29, 0.717) is 11.9 Å². The molecule has 0 unspecified atom stereocenters. The number of nitrogens with two attached hydrogens (primary N) is 1. The van der Waals surface area contributed by atoms with Crippen LogP contribution in [0.1, 0.15) is 44.9 Å². The monoisotopic (exact) mass is 312 g/mol. The van der Waals surface area contributed by atoms with Crippen molar-refractivity contribution in [2.75, 3.05) is 36.4 Å². The molecule has 3 N–H and O–H groups in total. The first kappa shape index (κ1) is 16.2. The SMILES string of the molecule is NCCCCCCNc1nc(Cl)nc(N2CCCCC2)n1. The fourth-order valence-corrected chi connectivity index (χ4v) is 2.63. The molecule has 0 saturated carbocycles. The van der Waals surface area contributed by atoms with Crippen molar-refractivity contribution in [1.82, 2.24) is 15.0 Å². The third-order valence-electron chi connectivity index (χ3n) is 3.65. The maximum atomic E-state index is 6.01. The number of aromatic nitrogens is 3. The summed E-state index contributed by atoms with van der Waals surface area (Å²) in [5, 5.41) is 3.50. The summed E-state index contributed by atoms with van der Waals surface area (Å²) in [5.74, 6) is 1.27. The first-order chi connectivity index (χ1) is 10.3. The van der Waals surface area contributed by atoms with E-state index in [1.54, 1.807) is 0 Å². The Balaban J connectivity index is 1.83. The quantitative estimate of drug-likeness (QED) is 0.718. The molecule has 0 aliphatic carbocycles. The molecule has 1 aliphatic rings. The molecule has 1 aromatic heterocycles. The zero-order chi connectivity index (χ0) is 14.9. The third kappa shape index (κ3) is 5.63. The van der Waals surface area contributed by atoms with Gasteiger partial charge in [0.1, 0.15) is 0 Å². The molecule has 6 nitrogen and oxygen atoms in total. The van der Waals surface area contributed by atoms with E-state index in [-0.39, 0.29) is 5.28 Å². The number of anilines is 2. The van der Waals surface area contributed by atoms with Crippen molar-refractivity contribution >= 4 is 23.5 Å². The van der Waals surface area contributed by atoms with Crippen LogP contribution in [0.25, 0.3) is 0 Å². The van der Waals surface area contributed by atoms with Gasteiger partial charge in [-0.05, 0) is 50.2 Å². The number of unbranched alkanes of at least 4 members (excludes halogenated alkanes) is 3. The maximum Gasteiger partial charge on any atom is 0.231 e. The number of nitrogens with one attached hydrogen (secondary N) is 1. The lowest BCUT2D eigenvalue weighted by Crippen LogP contribution is -2.31. The number of rotatable bonds is 8. The standard InChI is InChI=1S/C14H25ClN6/c15-12-18-13(17-9-5-2-1-4-8-16)20-14(19-12)21-10-6-3-7-11-21/h1-11,16H2,(H,17,18,19,20).